The summed E-state index contributed by atoms with van der Waals surface area (Å²) in [6.07, 6.45) is -0.951. The van der Waals surface area contributed by atoms with Crippen LogP contribution in [0.3, 0.4) is 0 Å². The molecule has 2 N–H and O–H groups in total. The van der Waals surface area contributed by atoms with Gasteiger partial charge in [-0.25, -0.2) is 0 Å². The number of hydrogen-bond acceptors (Lipinski definition) is 9. The fraction of sp³-hybridized carbons (Fsp3) is 0.629. The smallest absolute Gasteiger partial charge is 0.383 e. The maximum Gasteiger partial charge on any atom is 0.522 e. The molecular formula is C35H48F3N3O6. The van der Waals surface area contributed by atoms with E-state index in [4.69, 9.17) is 18.9 Å². The van der Waals surface area contributed by atoms with E-state index in [1.807, 2.05) is 36.4 Å². The van der Waals surface area contributed by atoms with E-state index in [2.05, 4.69) is 40.2 Å². The van der Waals surface area contributed by atoms with Crippen molar-refractivity contribution in [2.24, 2.45) is 11.8 Å². The topological polar surface area (TPSA) is 90.5 Å². The third-order valence-corrected chi connectivity index (χ3v) is 9.51. The molecular weight excluding hydrogens is 615 g/mol. The largest absolute Gasteiger partial charge is 0.522 e. The number of halogens is 3. The first kappa shape index (κ1) is 35.6. The van der Waals surface area contributed by atoms with Gasteiger partial charge in [-0.05, 0) is 91.1 Å². The number of carbonyl (C=O) groups is 1. The summed E-state index contributed by atoms with van der Waals surface area (Å²) in [5.41, 5.74) is 5.03. The van der Waals surface area contributed by atoms with Gasteiger partial charge in [-0.1, -0.05) is 13.8 Å². The highest BCUT2D eigenvalue weighted by Gasteiger charge is 2.52. The normalized spacial score (nSPS) is 22.7. The Morgan fingerprint density at radius 1 is 0.830 bits per heavy atom. The Kier molecular flexibility index (Phi) is 12.5. The molecule has 260 valence electrons. The Labute approximate surface area is 275 Å². The first-order valence-electron chi connectivity index (χ1n) is 16.7. The highest BCUT2D eigenvalue weighted by Crippen LogP contribution is 2.50. The lowest BCUT2D eigenvalue weighted by molar-refractivity contribution is -0.327. The van der Waals surface area contributed by atoms with Crippen molar-refractivity contribution in [3.05, 3.63) is 53.6 Å². The zero-order chi connectivity index (χ0) is 33.3. The second-order valence-electron chi connectivity index (χ2n) is 12.8. The summed E-state index contributed by atoms with van der Waals surface area (Å²) >= 11 is 0. The van der Waals surface area contributed by atoms with Crippen LogP contribution in [-0.2, 0) is 29.1 Å². The molecule has 1 unspecified atom stereocenters. The standard InChI is InChI=1S/C35H48F3N3O6/c1-25-32-33(42)30-10-9-29(23-31(30)34(25,2)11-13-41(32)24-26-3-4-26)40-28-7-5-27(6-8-28)39-12-14-43-15-16-44-17-18-45-19-20-46-21-22-47-35(36,37)38/h5-10,23,25-26,32,39-40H,3-4,11-22,24H2,1-2H3/t25-,32?,34+/m0/s1. The van der Waals surface area contributed by atoms with Gasteiger partial charge in [0.25, 0.3) is 0 Å². The first-order chi connectivity index (χ1) is 22.6. The third kappa shape index (κ3) is 10.1. The molecule has 5 rings (SSSR count). The molecule has 0 amide bonds. The van der Waals surface area contributed by atoms with Gasteiger partial charge in [0.2, 0.25) is 0 Å². The molecule has 2 aromatic carbocycles. The average Bonchev–Trinajstić information content (AvgIpc) is 3.86. The number of alkyl halides is 3. The number of piperidine rings is 1. The molecule has 1 saturated carbocycles. The van der Waals surface area contributed by atoms with Gasteiger partial charge in [0.05, 0.1) is 65.5 Å². The Morgan fingerprint density at radius 2 is 1.40 bits per heavy atom. The molecule has 2 aliphatic carbocycles. The maximum absolute atomic E-state index is 13.7. The Hall–Kier alpha value is -2.74. The average molecular weight is 664 g/mol. The van der Waals surface area contributed by atoms with Crippen LogP contribution in [0.1, 0.15) is 49.0 Å². The van der Waals surface area contributed by atoms with E-state index in [0.29, 0.717) is 39.6 Å². The number of nitrogens with zero attached hydrogens (tertiary/aromatic N) is 1. The molecule has 1 heterocycles. The Morgan fingerprint density at radius 3 is 2.02 bits per heavy atom. The fourth-order valence-electron chi connectivity index (χ4n) is 6.57. The number of hydrogen-bond donors (Lipinski definition) is 2. The van der Waals surface area contributed by atoms with Gasteiger partial charge in [0.15, 0.2) is 5.78 Å². The number of ether oxygens (including phenoxy) is 5. The van der Waals surface area contributed by atoms with Crippen LogP contribution >= 0.6 is 0 Å². The SMILES string of the molecule is C[C@H]1C2C(=O)c3ccc(Nc4ccc(NCCOCCOCCOCCOCCOC(F)(F)F)cc4)cc3[C@]1(C)CCN2CC1CC1. The van der Waals surface area contributed by atoms with Crippen molar-refractivity contribution in [3.8, 4) is 0 Å². The Bertz CT molecular complexity index is 1290. The molecule has 1 saturated heterocycles. The van der Waals surface area contributed by atoms with Crippen LogP contribution in [0.5, 0.6) is 0 Å². The van der Waals surface area contributed by atoms with Crippen LogP contribution in [0.2, 0.25) is 0 Å². The summed E-state index contributed by atoms with van der Waals surface area (Å²) in [7, 11) is 0. The quantitative estimate of drug-likeness (QED) is 0.165. The van der Waals surface area contributed by atoms with Crippen LogP contribution in [-0.4, -0.2) is 102 Å². The van der Waals surface area contributed by atoms with E-state index < -0.39 is 13.0 Å². The molecule has 12 heteroatoms. The zero-order valence-corrected chi connectivity index (χ0v) is 27.4. The predicted molar refractivity (Wildman–Crippen MR) is 173 cm³/mol. The lowest BCUT2D eigenvalue weighted by Gasteiger charge is -2.53. The first-order valence-corrected chi connectivity index (χ1v) is 16.7. The molecule has 3 atom stereocenters. The molecule has 0 spiro atoms. The van der Waals surface area contributed by atoms with Gasteiger partial charge >= 0.3 is 6.36 Å². The number of fused-ring (bicyclic) bond motifs is 4. The summed E-state index contributed by atoms with van der Waals surface area (Å²) in [6.45, 7) is 9.26. The number of Topliss-reactive ketones (excluding diaryl/α,β-unsaturated/α-hetero) is 1. The minimum absolute atomic E-state index is 0.00212. The summed E-state index contributed by atoms with van der Waals surface area (Å²) in [4.78, 5) is 16.1. The predicted octanol–water partition coefficient (Wildman–Crippen LogP) is 6.02. The number of carbonyl (C=O) groups excluding carboxylic acids is 1. The number of nitrogens with one attached hydrogen (secondary N) is 2. The molecule has 1 aliphatic heterocycles. The molecule has 2 aromatic rings. The van der Waals surface area contributed by atoms with E-state index in [1.54, 1.807) is 0 Å². The molecule has 0 radical (unpaired) electrons. The van der Waals surface area contributed by atoms with Crippen molar-refractivity contribution in [2.75, 3.05) is 89.7 Å². The van der Waals surface area contributed by atoms with Crippen molar-refractivity contribution in [2.45, 2.75) is 50.9 Å². The molecule has 0 aromatic heterocycles. The van der Waals surface area contributed by atoms with Gasteiger partial charge in [0.1, 0.15) is 0 Å². The van der Waals surface area contributed by atoms with E-state index >= 15 is 0 Å². The van der Waals surface area contributed by atoms with Crippen molar-refractivity contribution < 1.29 is 41.7 Å². The molecule has 2 fully saturated rings. The Balaban J connectivity index is 0.943. The van der Waals surface area contributed by atoms with Crippen LogP contribution in [0.4, 0.5) is 30.2 Å². The van der Waals surface area contributed by atoms with E-state index in [9.17, 15) is 18.0 Å². The van der Waals surface area contributed by atoms with Crippen molar-refractivity contribution in [1.82, 2.24) is 4.90 Å². The molecule has 47 heavy (non-hydrogen) atoms. The van der Waals surface area contributed by atoms with Gasteiger partial charge in [0, 0.05) is 35.7 Å². The number of rotatable bonds is 20. The number of ketones is 1. The maximum atomic E-state index is 13.7. The van der Waals surface area contributed by atoms with E-state index in [0.717, 1.165) is 48.1 Å². The summed E-state index contributed by atoms with van der Waals surface area (Å²) in [6, 6.07) is 14.4. The highest BCUT2D eigenvalue weighted by atomic mass is 19.4. The zero-order valence-electron chi connectivity index (χ0n) is 27.4. The van der Waals surface area contributed by atoms with Crippen LogP contribution < -0.4 is 10.6 Å². The second kappa shape index (κ2) is 16.6. The van der Waals surface area contributed by atoms with Gasteiger partial charge in [-0.15, -0.1) is 13.2 Å². The summed E-state index contributed by atoms with van der Waals surface area (Å²) in [5.74, 6) is 1.36. The van der Waals surface area contributed by atoms with Gasteiger partial charge in [-0.2, -0.15) is 0 Å². The molecule has 3 aliphatic rings. The van der Waals surface area contributed by atoms with Crippen molar-refractivity contribution in [1.29, 1.82) is 0 Å². The number of benzene rings is 2. The summed E-state index contributed by atoms with van der Waals surface area (Å²) in [5, 5.41) is 6.88. The van der Waals surface area contributed by atoms with Crippen LogP contribution in [0, 0.1) is 11.8 Å². The molecule has 2 bridgehead atoms. The summed E-state index contributed by atoms with van der Waals surface area (Å²) < 4.78 is 60.4. The van der Waals surface area contributed by atoms with Crippen LogP contribution in [0.25, 0.3) is 0 Å². The lowest BCUT2D eigenvalue weighted by Crippen LogP contribution is -2.61. The van der Waals surface area contributed by atoms with Gasteiger partial charge in [-0.3, -0.25) is 14.4 Å². The molecule has 9 nitrogen and oxygen atoms in total. The van der Waals surface area contributed by atoms with Crippen LogP contribution in [0.15, 0.2) is 42.5 Å². The van der Waals surface area contributed by atoms with Crippen molar-refractivity contribution >= 4 is 22.8 Å². The monoisotopic (exact) mass is 663 g/mol. The minimum atomic E-state index is -4.63. The number of likely N-dealkylation sites (tertiary alicyclic amines) is 1. The fourth-order valence-corrected chi connectivity index (χ4v) is 6.57. The van der Waals surface area contributed by atoms with Crippen molar-refractivity contribution in [3.63, 3.8) is 0 Å². The second-order valence-corrected chi connectivity index (χ2v) is 12.8. The highest BCUT2D eigenvalue weighted by molar-refractivity contribution is 6.04. The number of anilines is 3. The van der Waals surface area contributed by atoms with E-state index in [1.165, 1.54) is 18.4 Å². The minimum Gasteiger partial charge on any atom is -0.383 e. The van der Waals surface area contributed by atoms with E-state index in [-0.39, 0.29) is 43.0 Å². The third-order valence-electron chi connectivity index (χ3n) is 9.51. The van der Waals surface area contributed by atoms with Gasteiger partial charge < -0.3 is 29.6 Å². The lowest BCUT2D eigenvalue weighted by atomic mass is 9.58.